The van der Waals surface area contributed by atoms with Gasteiger partial charge in [-0.25, -0.2) is 0 Å². The second-order valence-corrected chi connectivity index (χ2v) is 10.9. The van der Waals surface area contributed by atoms with E-state index in [1.165, 1.54) is 9.80 Å². The van der Waals surface area contributed by atoms with E-state index >= 15 is 0 Å². The summed E-state index contributed by atoms with van der Waals surface area (Å²) in [7, 11) is 6.81. The summed E-state index contributed by atoms with van der Waals surface area (Å²) in [5, 5.41) is 0. The minimum absolute atomic E-state index is 0.0813. The summed E-state index contributed by atoms with van der Waals surface area (Å²) >= 11 is 0. The molecule has 0 aliphatic carbocycles. The first kappa shape index (κ1) is 28.9. The number of hydrogen-bond acceptors (Lipinski definition) is 5. The second-order valence-electron chi connectivity index (χ2n) is 10.9. The molecule has 0 radical (unpaired) electrons. The third-order valence-corrected chi connectivity index (χ3v) is 7.80. The number of Topliss-reactive ketones (excluding diaryl/α,β-unsaturated/α-hetero) is 2. The highest BCUT2D eigenvalue weighted by Crippen LogP contribution is 2.42. The van der Waals surface area contributed by atoms with E-state index in [-0.39, 0.29) is 29.9 Å². The Bertz CT molecular complexity index is 1320. The van der Waals surface area contributed by atoms with Crippen molar-refractivity contribution in [1.82, 2.24) is 14.7 Å². The first-order chi connectivity index (χ1) is 19.1. The van der Waals surface area contributed by atoms with Gasteiger partial charge in [-0.1, -0.05) is 72.8 Å². The zero-order valence-corrected chi connectivity index (χ0v) is 23.8. The maximum atomic E-state index is 14.2. The van der Waals surface area contributed by atoms with Crippen LogP contribution < -0.4 is 0 Å². The molecule has 0 spiro atoms. The normalized spacial score (nSPS) is 19.1. The fraction of sp³-hybridized carbons (Fsp3) is 0.333. The molecule has 2 unspecified atom stereocenters. The second kappa shape index (κ2) is 12.4. The topological polar surface area (TPSA) is 78.0 Å². The van der Waals surface area contributed by atoms with Crippen LogP contribution in [0.4, 0.5) is 0 Å². The Morgan fingerprint density at radius 3 is 1.65 bits per heavy atom. The van der Waals surface area contributed by atoms with Gasteiger partial charge < -0.3 is 9.80 Å². The van der Waals surface area contributed by atoms with Crippen molar-refractivity contribution in [2.45, 2.75) is 12.8 Å². The summed E-state index contributed by atoms with van der Waals surface area (Å²) in [5.74, 6) is -2.08. The Morgan fingerprint density at radius 2 is 1.20 bits per heavy atom. The summed E-state index contributed by atoms with van der Waals surface area (Å²) in [6, 6.07) is 23.7. The summed E-state index contributed by atoms with van der Waals surface area (Å²) in [5.41, 5.74) is 3.24. The van der Waals surface area contributed by atoms with Gasteiger partial charge >= 0.3 is 0 Å². The first-order valence-corrected chi connectivity index (χ1v) is 13.5. The van der Waals surface area contributed by atoms with Crippen molar-refractivity contribution in [3.05, 3.63) is 107 Å². The molecular weight excluding hydrogens is 502 g/mol. The zero-order valence-electron chi connectivity index (χ0n) is 23.8. The lowest BCUT2D eigenvalue weighted by molar-refractivity contribution is -0.130. The number of carbonyl (C=O) groups is 4. The van der Waals surface area contributed by atoms with Crippen molar-refractivity contribution in [1.29, 1.82) is 0 Å². The number of ketones is 2. The summed E-state index contributed by atoms with van der Waals surface area (Å²) < 4.78 is 0. The van der Waals surface area contributed by atoms with Gasteiger partial charge in [0.2, 0.25) is 5.91 Å². The van der Waals surface area contributed by atoms with E-state index in [4.69, 9.17) is 0 Å². The fourth-order valence-electron chi connectivity index (χ4n) is 5.65. The van der Waals surface area contributed by atoms with Crippen LogP contribution in [0.2, 0.25) is 0 Å². The van der Waals surface area contributed by atoms with Crippen molar-refractivity contribution in [2.75, 3.05) is 47.8 Å². The molecule has 0 N–H and O–H groups in total. The average Bonchev–Trinajstić information content (AvgIpc) is 2.96. The predicted octanol–water partition coefficient (Wildman–Crippen LogP) is 4.18. The van der Waals surface area contributed by atoms with Crippen molar-refractivity contribution < 1.29 is 19.2 Å². The Kier molecular flexibility index (Phi) is 8.95. The summed E-state index contributed by atoms with van der Waals surface area (Å²) in [6.07, 6.45) is 0. The van der Waals surface area contributed by atoms with E-state index in [2.05, 4.69) is 0 Å². The highest BCUT2D eigenvalue weighted by molar-refractivity contribution is 6.02. The van der Waals surface area contributed by atoms with E-state index in [9.17, 15) is 19.2 Å². The third kappa shape index (κ3) is 6.05. The molecule has 0 bridgehead atoms. The quantitative estimate of drug-likeness (QED) is 0.402. The molecule has 3 aromatic rings. The molecule has 0 saturated carbocycles. The molecule has 1 saturated heterocycles. The molecule has 40 heavy (non-hydrogen) atoms. The predicted molar refractivity (Wildman–Crippen MR) is 156 cm³/mol. The van der Waals surface area contributed by atoms with E-state index in [1.807, 2.05) is 60.4 Å². The van der Waals surface area contributed by atoms with Crippen LogP contribution in [0.1, 0.15) is 48.1 Å². The van der Waals surface area contributed by atoms with Gasteiger partial charge in [-0.3, -0.25) is 24.1 Å². The van der Waals surface area contributed by atoms with Crippen LogP contribution in [-0.2, 0) is 4.79 Å². The third-order valence-electron chi connectivity index (χ3n) is 7.80. The molecule has 1 heterocycles. The monoisotopic (exact) mass is 539 g/mol. The average molecular weight is 540 g/mol. The van der Waals surface area contributed by atoms with E-state index in [0.29, 0.717) is 29.8 Å². The molecule has 4 rings (SSSR count). The minimum atomic E-state index is -0.604. The minimum Gasteiger partial charge on any atom is -0.348 e. The highest BCUT2D eigenvalue weighted by Gasteiger charge is 2.46. The van der Waals surface area contributed by atoms with Gasteiger partial charge in [-0.05, 0) is 24.1 Å². The van der Waals surface area contributed by atoms with Crippen molar-refractivity contribution in [3.8, 4) is 0 Å². The van der Waals surface area contributed by atoms with Crippen LogP contribution in [-0.4, -0.2) is 85.9 Å². The molecule has 0 aromatic heterocycles. The van der Waals surface area contributed by atoms with Gasteiger partial charge in [0, 0.05) is 75.7 Å². The summed E-state index contributed by atoms with van der Waals surface area (Å²) in [4.78, 5) is 59.2. The maximum absolute atomic E-state index is 14.2. The van der Waals surface area contributed by atoms with Gasteiger partial charge in [0.15, 0.2) is 11.6 Å². The molecular formula is C33H37N3O4. The van der Waals surface area contributed by atoms with Crippen molar-refractivity contribution in [3.63, 3.8) is 0 Å². The Hall–Kier alpha value is -4.10. The van der Waals surface area contributed by atoms with Crippen LogP contribution in [0.5, 0.6) is 0 Å². The van der Waals surface area contributed by atoms with Gasteiger partial charge in [-0.15, -0.1) is 0 Å². The molecule has 208 valence electrons. The van der Waals surface area contributed by atoms with Crippen LogP contribution >= 0.6 is 0 Å². The number of likely N-dealkylation sites (N-methyl/N-ethyl adjacent to an activating group) is 1. The lowest BCUT2D eigenvalue weighted by Crippen LogP contribution is -2.52. The lowest BCUT2D eigenvalue weighted by Gasteiger charge is -2.43. The summed E-state index contributed by atoms with van der Waals surface area (Å²) in [6.45, 7) is 2.64. The van der Waals surface area contributed by atoms with Crippen molar-refractivity contribution in [2.24, 2.45) is 11.8 Å². The van der Waals surface area contributed by atoms with Gasteiger partial charge in [0.05, 0.1) is 6.54 Å². The van der Waals surface area contributed by atoms with Gasteiger partial charge in [-0.2, -0.15) is 0 Å². The molecule has 7 nitrogen and oxygen atoms in total. The van der Waals surface area contributed by atoms with Gasteiger partial charge in [0.25, 0.3) is 5.91 Å². The van der Waals surface area contributed by atoms with Crippen LogP contribution in [0.3, 0.4) is 0 Å². The number of amides is 2. The Morgan fingerprint density at radius 1 is 0.700 bits per heavy atom. The molecule has 1 aliphatic rings. The first-order valence-electron chi connectivity index (χ1n) is 13.5. The van der Waals surface area contributed by atoms with Crippen LogP contribution in [0, 0.1) is 18.8 Å². The van der Waals surface area contributed by atoms with E-state index < -0.39 is 17.8 Å². The lowest BCUT2D eigenvalue weighted by atomic mass is 9.67. The number of benzene rings is 3. The largest absolute Gasteiger partial charge is 0.348 e. The zero-order chi connectivity index (χ0) is 29.0. The Labute approximate surface area is 236 Å². The highest BCUT2D eigenvalue weighted by atomic mass is 16.2. The molecule has 3 aromatic carbocycles. The maximum Gasteiger partial charge on any atom is 0.253 e. The van der Waals surface area contributed by atoms with E-state index in [1.54, 1.807) is 58.5 Å². The SMILES string of the molecule is Cc1c(C(=O)N(C)C)cccc1C1C(C(=O)c2ccccc2)CN(CC(=O)N(C)C)CC1C(=O)c1ccccc1. The Balaban J connectivity index is 1.89. The number of carbonyl (C=O) groups excluding carboxylic acids is 4. The smallest absolute Gasteiger partial charge is 0.253 e. The number of rotatable bonds is 8. The molecule has 2 amide bonds. The number of likely N-dealkylation sites (tertiary alicyclic amines) is 1. The number of hydrogen-bond donors (Lipinski definition) is 0. The fourth-order valence-corrected chi connectivity index (χ4v) is 5.65. The van der Waals surface area contributed by atoms with Gasteiger partial charge in [0.1, 0.15) is 0 Å². The number of nitrogens with zero attached hydrogens (tertiary/aromatic N) is 3. The molecule has 2 atom stereocenters. The number of piperidine rings is 1. The molecule has 1 aliphatic heterocycles. The molecule has 1 fully saturated rings. The van der Waals surface area contributed by atoms with Crippen LogP contribution in [0.25, 0.3) is 0 Å². The standard InChI is InChI=1S/C33H37N3O4/c1-22-25(17-12-18-26(22)33(40)35(4)5)30-27(31(38)23-13-8-6-9-14-23)19-36(21-29(37)34(2)3)20-28(30)32(39)24-15-10-7-11-16-24/h6-18,27-28,30H,19-21H2,1-5H3. The molecule has 7 heteroatoms. The van der Waals surface area contributed by atoms with Crippen molar-refractivity contribution >= 4 is 23.4 Å². The van der Waals surface area contributed by atoms with E-state index in [0.717, 1.165) is 11.1 Å². The van der Waals surface area contributed by atoms with Crippen LogP contribution in [0.15, 0.2) is 78.9 Å².